The number of carbonyl (C=O) groups is 1. The van der Waals surface area contributed by atoms with Gasteiger partial charge in [0.25, 0.3) is 16.6 Å². The summed E-state index contributed by atoms with van der Waals surface area (Å²) in [6.07, 6.45) is -0.604. The highest BCUT2D eigenvalue weighted by Crippen LogP contribution is 2.46. The third kappa shape index (κ3) is 10.6. The topological polar surface area (TPSA) is 112 Å². The number of hydrogen-bond donors (Lipinski definition) is 2. The Morgan fingerprint density at radius 1 is 0.750 bits per heavy atom. The van der Waals surface area contributed by atoms with E-state index in [4.69, 9.17) is 18.3 Å². The molecule has 0 saturated heterocycles. The van der Waals surface area contributed by atoms with Gasteiger partial charge in [-0.25, -0.2) is 17.9 Å². The molecule has 0 aliphatic carbocycles. The maximum Gasteiger partial charge on any atom is 0.407 e. The van der Waals surface area contributed by atoms with Crippen molar-refractivity contribution in [3.05, 3.63) is 54.6 Å². The van der Waals surface area contributed by atoms with Gasteiger partial charge in [-0.1, -0.05) is 53.7 Å². The Balaban J connectivity index is 1.86. The van der Waals surface area contributed by atoms with Crippen molar-refractivity contribution in [2.75, 3.05) is 13.1 Å². The molecule has 0 radical (unpaired) electrons. The molecule has 0 fully saturated rings. The molecule has 2 N–H and O–H groups in total. The van der Waals surface area contributed by atoms with Crippen LogP contribution in [-0.2, 0) is 14.8 Å². The van der Waals surface area contributed by atoms with Crippen LogP contribution in [0.3, 0.4) is 0 Å². The first-order valence-electron chi connectivity index (χ1n) is 16.2. The highest BCUT2D eigenvalue weighted by molar-refractivity contribution is 7.91. The van der Waals surface area contributed by atoms with Gasteiger partial charge in [0, 0.05) is 29.6 Å². The first-order valence-corrected chi connectivity index (χ1v) is 24.3. The van der Waals surface area contributed by atoms with Gasteiger partial charge in [-0.05, 0) is 93.4 Å². The number of hydrogen-bond acceptors (Lipinski definition) is 8. The highest BCUT2D eigenvalue weighted by Gasteiger charge is 2.42. The monoisotopic (exact) mass is 734 g/mol. The van der Waals surface area contributed by atoms with Crippen LogP contribution in [0.4, 0.5) is 4.79 Å². The molecule has 3 rings (SSSR count). The second-order valence-electron chi connectivity index (χ2n) is 15.9. The minimum atomic E-state index is -3.81. The Labute approximate surface area is 294 Å². The molecule has 0 atom stereocenters. The van der Waals surface area contributed by atoms with Gasteiger partial charge >= 0.3 is 6.09 Å². The van der Waals surface area contributed by atoms with Crippen LogP contribution in [0.5, 0.6) is 23.0 Å². The SMILES string of the molecule is CC(C)(C)OC(=O)NCCNS(=O)(=O)c1ccc(-c2ccccc2Oc2ccc(O[Si](C)(C)C(C)(C)C)c(O[Si](C)(C)C(C)(C)C)c2)s1. The normalized spacial score (nSPS) is 13.2. The summed E-state index contributed by atoms with van der Waals surface area (Å²) in [4.78, 5) is 12.6. The lowest BCUT2D eigenvalue weighted by Crippen LogP contribution is -2.45. The molecule has 0 unspecified atom stereocenters. The van der Waals surface area contributed by atoms with Gasteiger partial charge in [0.2, 0.25) is 10.0 Å². The van der Waals surface area contributed by atoms with Gasteiger partial charge in [-0.15, -0.1) is 11.3 Å². The predicted molar refractivity (Wildman–Crippen MR) is 201 cm³/mol. The second-order valence-corrected chi connectivity index (χ2v) is 28.4. The number of carbonyl (C=O) groups excluding carboxylic acids is 1. The van der Waals surface area contributed by atoms with Crippen LogP contribution in [0, 0.1) is 0 Å². The molecular weight excluding hydrogens is 681 g/mol. The number of rotatable bonds is 12. The molecule has 1 amide bonds. The van der Waals surface area contributed by atoms with Crippen LogP contribution >= 0.6 is 11.3 Å². The molecule has 0 aliphatic rings. The minimum Gasteiger partial charge on any atom is -0.541 e. The molecule has 266 valence electrons. The summed E-state index contributed by atoms with van der Waals surface area (Å²) in [6, 6.07) is 16.6. The minimum absolute atomic E-state index is 0.00882. The largest absolute Gasteiger partial charge is 0.541 e. The van der Waals surface area contributed by atoms with Gasteiger partial charge < -0.3 is 23.6 Å². The maximum atomic E-state index is 13.0. The Morgan fingerprint density at radius 3 is 1.92 bits per heavy atom. The van der Waals surface area contributed by atoms with Crippen molar-refractivity contribution >= 4 is 44.1 Å². The molecular formula is C35H54N2O7S2Si2. The van der Waals surface area contributed by atoms with E-state index in [9.17, 15) is 13.2 Å². The summed E-state index contributed by atoms with van der Waals surface area (Å²) in [5.41, 5.74) is 0.115. The summed E-state index contributed by atoms with van der Waals surface area (Å²) in [5, 5.41) is 2.54. The first kappa shape index (κ1) is 39.6. The Morgan fingerprint density at radius 2 is 1.33 bits per heavy atom. The molecule has 0 spiro atoms. The zero-order valence-corrected chi connectivity index (χ0v) is 34.4. The van der Waals surface area contributed by atoms with E-state index in [1.807, 2.05) is 42.5 Å². The fourth-order valence-electron chi connectivity index (χ4n) is 3.80. The van der Waals surface area contributed by atoms with Crippen LogP contribution in [0.1, 0.15) is 62.3 Å². The number of sulfonamides is 1. The van der Waals surface area contributed by atoms with Gasteiger partial charge in [-0.2, -0.15) is 0 Å². The summed E-state index contributed by atoms with van der Waals surface area (Å²) in [5.74, 6) is 2.54. The Hall–Kier alpha value is -2.85. The number of para-hydroxylation sites is 1. The predicted octanol–water partition coefficient (Wildman–Crippen LogP) is 9.78. The number of amides is 1. The second kappa shape index (κ2) is 14.6. The highest BCUT2D eigenvalue weighted by atomic mass is 32.2. The van der Waals surface area contributed by atoms with Gasteiger partial charge in [0.05, 0.1) is 0 Å². The lowest BCUT2D eigenvalue weighted by atomic mass is 10.1. The van der Waals surface area contributed by atoms with Crippen molar-refractivity contribution in [1.29, 1.82) is 0 Å². The number of benzene rings is 2. The van der Waals surface area contributed by atoms with Crippen LogP contribution in [0.15, 0.2) is 58.8 Å². The van der Waals surface area contributed by atoms with Crippen LogP contribution < -0.4 is 23.6 Å². The molecule has 0 saturated carbocycles. The standard InChI is InChI=1S/C35H54N2O7S2Si2/c1-33(2,3)42-32(38)36-22-23-37-46(39,40)31-21-20-30(45-31)26-16-14-15-17-27(26)41-25-18-19-28(43-47(10,11)34(4,5)6)29(24-25)44-48(12,13)35(7,8)9/h14-21,24,37H,22-23H2,1-13H3,(H,36,38). The van der Waals surface area contributed by atoms with Crippen molar-refractivity contribution in [2.24, 2.45) is 0 Å². The molecule has 9 nitrogen and oxygen atoms in total. The number of thiophene rings is 1. The average molecular weight is 735 g/mol. The van der Waals surface area contributed by atoms with Crippen molar-refractivity contribution < 1.29 is 31.5 Å². The number of nitrogens with one attached hydrogen (secondary N) is 2. The van der Waals surface area contributed by atoms with E-state index in [2.05, 4.69) is 77.8 Å². The summed E-state index contributed by atoms with van der Waals surface area (Å²) in [7, 11) is -8.20. The van der Waals surface area contributed by atoms with E-state index in [0.717, 1.165) is 21.8 Å². The van der Waals surface area contributed by atoms with Gasteiger partial charge in [0.15, 0.2) is 0 Å². The summed E-state index contributed by atoms with van der Waals surface area (Å²) < 4.78 is 54.0. The first-order chi connectivity index (χ1) is 21.8. The van der Waals surface area contributed by atoms with E-state index in [1.165, 1.54) is 0 Å². The lowest BCUT2D eigenvalue weighted by Gasteiger charge is -2.39. The van der Waals surface area contributed by atoms with Crippen molar-refractivity contribution in [3.8, 4) is 33.4 Å². The smallest absolute Gasteiger partial charge is 0.407 e. The fraction of sp³-hybridized carbons (Fsp3) is 0.514. The van der Waals surface area contributed by atoms with E-state index >= 15 is 0 Å². The van der Waals surface area contributed by atoms with Crippen LogP contribution in [0.2, 0.25) is 36.3 Å². The number of ether oxygens (including phenoxy) is 2. The van der Waals surface area contributed by atoms with Crippen LogP contribution in [-0.4, -0.2) is 49.8 Å². The van der Waals surface area contributed by atoms with Crippen LogP contribution in [0.25, 0.3) is 10.4 Å². The van der Waals surface area contributed by atoms with Crippen molar-refractivity contribution in [1.82, 2.24) is 10.0 Å². The molecule has 0 bridgehead atoms. The number of alkyl carbamates (subject to hydrolysis) is 1. The molecule has 1 aromatic heterocycles. The zero-order valence-electron chi connectivity index (χ0n) is 30.8. The lowest BCUT2D eigenvalue weighted by molar-refractivity contribution is 0.0529. The summed E-state index contributed by atoms with van der Waals surface area (Å²) >= 11 is 1.14. The van der Waals surface area contributed by atoms with Gasteiger partial charge in [-0.3, -0.25) is 0 Å². The zero-order chi connectivity index (χ0) is 36.3. The average Bonchev–Trinajstić information content (AvgIpc) is 3.42. The Bertz CT molecular complexity index is 1680. The van der Waals surface area contributed by atoms with Gasteiger partial charge in [0.1, 0.15) is 32.8 Å². The molecule has 1 heterocycles. The molecule has 13 heteroatoms. The summed E-state index contributed by atoms with van der Waals surface area (Å²) in [6.45, 7) is 27.5. The fourth-order valence-corrected chi connectivity index (χ4v) is 8.26. The van der Waals surface area contributed by atoms with E-state index in [-0.39, 0.29) is 27.4 Å². The molecule has 2 aromatic carbocycles. The molecule has 3 aromatic rings. The quantitative estimate of drug-likeness (QED) is 0.141. The van der Waals surface area contributed by atoms with E-state index in [1.54, 1.807) is 32.9 Å². The van der Waals surface area contributed by atoms with E-state index in [0.29, 0.717) is 23.0 Å². The van der Waals surface area contributed by atoms with E-state index < -0.39 is 38.4 Å². The van der Waals surface area contributed by atoms with Crippen molar-refractivity contribution in [3.63, 3.8) is 0 Å². The molecule has 48 heavy (non-hydrogen) atoms. The molecule has 0 aliphatic heterocycles. The Kier molecular flexibility index (Phi) is 12.0. The third-order valence-corrected chi connectivity index (χ3v) is 20.3. The maximum absolute atomic E-state index is 13.0. The third-order valence-electron chi connectivity index (χ3n) is 8.57. The van der Waals surface area contributed by atoms with Crippen molar-refractivity contribution in [2.45, 2.75) is 108 Å².